The van der Waals surface area contributed by atoms with Gasteiger partial charge in [-0.2, -0.15) is 0 Å². The van der Waals surface area contributed by atoms with Gasteiger partial charge in [-0.15, -0.1) is 0 Å². The van der Waals surface area contributed by atoms with Crippen LogP contribution in [-0.2, 0) is 0 Å². The maximum absolute atomic E-state index is 3.51. The lowest BCUT2D eigenvalue weighted by molar-refractivity contribution is 0.0779. The summed E-state index contributed by atoms with van der Waals surface area (Å²) in [6.45, 7) is 9.79. The molecule has 0 aromatic rings. The van der Waals surface area contributed by atoms with Gasteiger partial charge in [-0.05, 0) is 83.5 Å². The molecule has 0 aromatic heterocycles. The van der Waals surface area contributed by atoms with Gasteiger partial charge in [-0.25, -0.2) is 0 Å². The topological polar surface area (TPSA) is 15.3 Å². The fourth-order valence-electron chi connectivity index (χ4n) is 4.07. The van der Waals surface area contributed by atoms with Crippen LogP contribution in [0.25, 0.3) is 0 Å². The SMILES string of the molecule is CCCNCCCC(C)N1CCC2(CCCC2)CC1. The van der Waals surface area contributed by atoms with Crippen molar-refractivity contribution in [3.05, 3.63) is 0 Å². The highest BCUT2D eigenvalue weighted by molar-refractivity contribution is 4.90. The third-order valence-electron chi connectivity index (χ3n) is 5.55. The van der Waals surface area contributed by atoms with E-state index in [0.29, 0.717) is 0 Å². The Morgan fingerprint density at radius 2 is 1.74 bits per heavy atom. The number of nitrogens with zero attached hydrogens (tertiary/aromatic N) is 1. The number of nitrogens with one attached hydrogen (secondary N) is 1. The highest BCUT2D eigenvalue weighted by Crippen LogP contribution is 2.46. The Balaban J connectivity index is 1.60. The summed E-state index contributed by atoms with van der Waals surface area (Å²) in [4.78, 5) is 2.75. The minimum absolute atomic E-state index is 0.777. The van der Waals surface area contributed by atoms with Crippen molar-refractivity contribution in [3.8, 4) is 0 Å². The second kappa shape index (κ2) is 7.64. The first kappa shape index (κ1) is 15.3. The molecule has 1 spiro atoms. The van der Waals surface area contributed by atoms with Gasteiger partial charge in [-0.3, -0.25) is 0 Å². The molecule has 1 N–H and O–H groups in total. The van der Waals surface area contributed by atoms with Crippen LogP contribution >= 0.6 is 0 Å². The van der Waals surface area contributed by atoms with Crippen molar-refractivity contribution >= 4 is 0 Å². The third-order valence-corrected chi connectivity index (χ3v) is 5.55. The molecule has 2 aliphatic rings. The molecule has 19 heavy (non-hydrogen) atoms. The lowest BCUT2D eigenvalue weighted by atomic mass is 9.77. The summed E-state index contributed by atoms with van der Waals surface area (Å²) in [6.07, 6.45) is 13.0. The van der Waals surface area contributed by atoms with Crippen LogP contribution in [0.5, 0.6) is 0 Å². The quantitative estimate of drug-likeness (QED) is 0.705. The summed E-state index contributed by atoms with van der Waals surface area (Å²) in [5.41, 5.74) is 0.777. The van der Waals surface area contributed by atoms with Crippen molar-refractivity contribution in [3.63, 3.8) is 0 Å². The zero-order chi connectivity index (χ0) is 13.6. The van der Waals surface area contributed by atoms with Crippen LogP contribution in [0.15, 0.2) is 0 Å². The van der Waals surface area contributed by atoms with E-state index in [-0.39, 0.29) is 0 Å². The maximum atomic E-state index is 3.51. The molecule has 0 radical (unpaired) electrons. The molecule has 2 fully saturated rings. The Morgan fingerprint density at radius 3 is 2.37 bits per heavy atom. The third kappa shape index (κ3) is 4.46. The van der Waals surface area contributed by atoms with Gasteiger partial charge < -0.3 is 10.2 Å². The predicted molar refractivity (Wildman–Crippen MR) is 83.6 cm³/mol. The fraction of sp³-hybridized carbons (Fsp3) is 1.00. The van der Waals surface area contributed by atoms with Crippen LogP contribution < -0.4 is 5.32 Å². The van der Waals surface area contributed by atoms with Crippen molar-refractivity contribution in [2.75, 3.05) is 26.2 Å². The van der Waals surface area contributed by atoms with E-state index in [1.54, 1.807) is 0 Å². The highest BCUT2D eigenvalue weighted by atomic mass is 15.2. The smallest absolute Gasteiger partial charge is 0.00674 e. The van der Waals surface area contributed by atoms with Gasteiger partial charge in [0.15, 0.2) is 0 Å². The summed E-state index contributed by atoms with van der Waals surface area (Å²) < 4.78 is 0. The summed E-state index contributed by atoms with van der Waals surface area (Å²) >= 11 is 0. The average Bonchev–Trinajstić information content (AvgIpc) is 2.87. The Hall–Kier alpha value is -0.0800. The molecule has 2 nitrogen and oxygen atoms in total. The molecule has 0 amide bonds. The minimum atomic E-state index is 0.777. The van der Waals surface area contributed by atoms with Gasteiger partial charge in [0.1, 0.15) is 0 Å². The lowest BCUT2D eigenvalue weighted by Crippen LogP contribution is -2.43. The Kier molecular flexibility index (Phi) is 6.15. The molecule has 1 aliphatic heterocycles. The predicted octanol–water partition coefficient (Wildman–Crippen LogP) is 3.81. The van der Waals surface area contributed by atoms with Crippen molar-refractivity contribution in [2.45, 2.75) is 77.7 Å². The van der Waals surface area contributed by atoms with Gasteiger partial charge in [0, 0.05) is 6.04 Å². The average molecular weight is 266 g/mol. The molecule has 112 valence electrons. The van der Waals surface area contributed by atoms with Crippen molar-refractivity contribution in [1.82, 2.24) is 10.2 Å². The van der Waals surface area contributed by atoms with Crippen LogP contribution in [-0.4, -0.2) is 37.1 Å². The largest absolute Gasteiger partial charge is 0.317 e. The monoisotopic (exact) mass is 266 g/mol. The summed E-state index contributed by atoms with van der Waals surface area (Å²) in [5, 5.41) is 3.51. The number of rotatable bonds is 7. The first-order valence-corrected chi connectivity index (χ1v) is 8.70. The molecule has 2 heteroatoms. The number of likely N-dealkylation sites (tertiary alicyclic amines) is 1. The zero-order valence-corrected chi connectivity index (χ0v) is 13.2. The lowest BCUT2D eigenvalue weighted by Gasteiger charge is -2.42. The first-order chi connectivity index (χ1) is 9.26. The van der Waals surface area contributed by atoms with Crippen LogP contribution in [0.3, 0.4) is 0 Å². The summed E-state index contributed by atoms with van der Waals surface area (Å²) in [5.74, 6) is 0. The van der Waals surface area contributed by atoms with E-state index in [0.717, 1.165) is 11.5 Å². The van der Waals surface area contributed by atoms with Gasteiger partial charge in [0.25, 0.3) is 0 Å². The second-order valence-electron chi connectivity index (χ2n) is 6.98. The van der Waals surface area contributed by atoms with Crippen molar-refractivity contribution in [1.29, 1.82) is 0 Å². The molecule has 1 saturated carbocycles. The molecular formula is C17H34N2. The maximum Gasteiger partial charge on any atom is 0.00674 e. The number of hydrogen-bond donors (Lipinski definition) is 1. The van der Waals surface area contributed by atoms with E-state index >= 15 is 0 Å². The van der Waals surface area contributed by atoms with Gasteiger partial charge >= 0.3 is 0 Å². The van der Waals surface area contributed by atoms with Gasteiger partial charge in [0.2, 0.25) is 0 Å². The van der Waals surface area contributed by atoms with E-state index in [2.05, 4.69) is 24.1 Å². The molecule has 2 rings (SSSR count). The normalized spacial score (nSPS) is 24.9. The highest BCUT2D eigenvalue weighted by Gasteiger charge is 2.37. The van der Waals surface area contributed by atoms with Crippen LogP contribution in [0.2, 0.25) is 0 Å². The van der Waals surface area contributed by atoms with E-state index < -0.39 is 0 Å². The Bertz CT molecular complexity index is 236. The molecular weight excluding hydrogens is 232 g/mol. The summed E-state index contributed by atoms with van der Waals surface area (Å²) in [6, 6.07) is 0.794. The molecule has 1 aliphatic carbocycles. The molecule has 0 bridgehead atoms. The van der Waals surface area contributed by atoms with Crippen molar-refractivity contribution in [2.24, 2.45) is 5.41 Å². The zero-order valence-electron chi connectivity index (χ0n) is 13.2. The molecule has 0 aromatic carbocycles. The van der Waals surface area contributed by atoms with E-state index in [4.69, 9.17) is 0 Å². The van der Waals surface area contributed by atoms with Crippen LogP contribution in [0.1, 0.15) is 71.6 Å². The Labute approximate surface area is 120 Å². The number of piperidine rings is 1. The summed E-state index contributed by atoms with van der Waals surface area (Å²) in [7, 11) is 0. The van der Waals surface area contributed by atoms with Gasteiger partial charge in [0.05, 0.1) is 0 Å². The van der Waals surface area contributed by atoms with E-state index in [1.165, 1.54) is 84.0 Å². The molecule has 1 atom stereocenters. The molecule has 1 heterocycles. The first-order valence-electron chi connectivity index (χ1n) is 8.70. The molecule has 1 unspecified atom stereocenters. The van der Waals surface area contributed by atoms with E-state index in [1.807, 2.05) is 0 Å². The van der Waals surface area contributed by atoms with E-state index in [9.17, 15) is 0 Å². The van der Waals surface area contributed by atoms with Crippen LogP contribution in [0.4, 0.5) is 0 Å². The van der Waals surface area contributed by atoms with Gasteiger partial charge in [-0.1, -0.05) is 19.8 Å². The van der Waals surface area contributed by atoms with Crippen LogP contribution in [0, 0.1) is 5.41 Å². The Morgan fingerprint density at radius 1 is 1.05 bits per heavy atom. The minimum Gasteiger partial charge on any atom is -0.317 e. The number of hydrogen-bond acceptors (Lipinski definition) is 2. The fourth-order valence-corrected chi connectivity index (χ4v) is 4.07. The second-order valence-corrected chi connectivity index (χ2v) is 6.98. The van der Waals surface area contributed by atoms with Crippen molar-refractivity contribution < 1.29 is 0 Å². The molecule has 1 saturated heterocycles. The standard InChI is InChI=1S/C17H34N2/c1-3-12-18-13-6-7-16(2)19-14-10-17(11-15-19)8-4-5-9-17/h16,18H,3-15H2,1-2H3.